The number of hydrogen-bond acceptors (Lipinski definition) is 6. The Kier molecular flexibility index (Phi) is 6.27. The SMILES string of the molecule is CCC(C(=O)Nc1nnc(C2CC(=O)N(c3ccc(OC)cc3)C2)s1)c1ccccc1. The number of amides is 2. The van der Waals surface area contributed by atoms with Crippen LogP contribution in [0.2, 0.25) is 0 Å². The first-order chi connectivity index (χ1) is 15.1. The summed E-state index contributed by atoms with van der Waals surface area (Å²) in [6.45, 7) is 2.52. The topological polar surface area (TPSA) is 84.4 Å². The molecule has 0 saturated carbocycles. The minimum atomic E-state index is -0.243. The van der Waals surface area contributed by atoms with Crippen LogP contribution in [0.15, 0.2) is 54.6 Å². The van der Waals surface area contributed by atoms with E-state index in [4.69, 9.17) is 4.74 Å². The maximum absolute atomic E-state index is 12.8. The molecule has 3 aromatic rings. The van der Waals surface area contributed by atoms with Crippen molar-refractivity contribution in [3.63, 3.8) is 0 Å². The van der Waals surface area contributed by atoms with Crippen molar-refractivity contribution < 1.29 is 14.3 Å². The third kappa shape index (κ3) is 4.59. The van der Waals surface area contributed by atoms with Gasteiger partial charge in [-0.05, 0) is 36.2 Å². The van der Waals surface area contributed by atoms with Gasteiger partial charge < -0.3 is 9.64 Å². The van der Waals surface area contributed by atoms with Crippen molar-refractivity contribution >= 4 is 34.0 Å². The zero-order valence-electron chi connectivity index (χ0n) is 17.4. The van der Waals surface area contributed by atoms with E-state index in [1.54, 1.807) is 12.0 Å². The van der Waals surface area contributed by atoms with E-state index in [0.717, 1.165) is 22.0 Å². The Hall–Kier alpha value is -3.26. The van der Waals surface area contributed by atoms with Gasteiger partial charge in [0.2, 0.25) is 16.9 Å². The Labute approximate surface area is 185 Å². The molecule has 2 heterocycles. The first kappa shape index (κ1) is 21.0. The lowest BCUT2D eigenvalue weighted by Gasteiger charge is -2.16. The van der Waals surface area contributed by atoms with Crippen LogP contribution < -0.4 is 15.0 Å². The van der Waals surface area contributed by atoms with Gasteiger partial charge in [-0.15, -0.1) is 10.2 Å². The highest BCUT2D eigenvalue weighted by Crippen LogP contribution is 2.35. The minimum Gasteiger partial charge on any atom is -0.497 e. The number of nitrogens with zero attached hydrogens (tertiary/aromatic N) is 3. The van der Waals surface area contributed by atoms with Gasteiger partial charge in [0.1, 0.15) is 10.8 Å². The second-order valence-corrected chi connectivity index (χ2v) is 8.42. The molecule has 2 amide bonds. The summed E-state index contributed by atoms with van der Waals surface area (Å²) in [6.07, 6.45) is 1.06. The molecule has 0 bridgehead atoms. The standard InChI is InChI=1S/C23H24N4O3S/c1-3-19(15-7-5-4-6-8-15)21(29)24-23-26-25-22(31-23)16-13-20(28)27(14-16)17-9-11-18(30-2)12-10-17/h4-12,16,19H,3,13-14H2,1-2H3,(H,24,26,29). The van der Waals surface area contributed by atoms with E-state index >= 15 is 0 Å². The molecular formula is C23H24N4O3S. The van der Waals surface area contributed by atoms with Gasteiger partial charge in [0.05, 0.1) is 13.0 Å². The molecule has 0 spiro atoms. The van der Waals surface area contributed by atoms with Gasteiger partial charge in [0.25, 0.3) is 0 Å². The lowest BCUT2D eigenvalue weighted by atomic mass is 9.96. The Morgan fingerprint density at radius 1 is 1.19 bits per heavy atom. The fourth-order valence-corrected chi connectivity index (χ4v) is 4.62. The van der Waals surface area contributed by atoms with Crippen molar-refractivity contribution in [2.75, 3.05) is 23.9 Å². The molecule has 1 N–H and O–H groups in total. The highest BCUT2D eigenvalue weighted by Gasteiger charge is 2.34. The van der Waals surface area contributed by atoms with Crippen LogP contribution in [-0.2, 0) is 9.59 Å². The van der Waals surface area contributed by atoms with E-state index in [2.05, 4.69) is 15.5 Å². The fraction of sp³-hybridized carbons (Fsp3) is 0.304. The predicted molar refractivity (Wildman–Crippen MR) is 121 cm³/mol. The largest absolute Gasteiger partial charge is 0.497 e. The number of nitrogens with one attached hydrogen (secondary N) is 1. The summed E-state index contributed by atoms with van der Waals surface area (Å²) in [6, 6.07) is 17.1. The van der Waals surface area contributed by atoms with E-state index in [9.17, 15) is 9.59 Å². The number of carbonyl (C=O) groups is 2. The Morgan fingerprint density at radius 3 is 2.61 bits per heavy atom. The molecule has 160 valence electrons. The van der Waals surface area contributed by atoms with Gasteiger partial charge in [-0.3, -0.25) is 14.9 Å². The average Bonchev–Trinajstić information content (AvgIpc) is 3.41. The molecule has 8 heteroatoms. The first-order valence-electron chi connectivity index (χ1n) is 10.2. The second kappa shape index (κ2) is 9.26. The maximum atomic E-state index is 12.8. The molecule has 2 aromatic carbocycles. The number of anilines is 2. The lowest BCUT2D eigenvalue weighted by molar-refractivity contribution is -0.118. The summed E-state index contributed by atoms with van der Waals surface area (Å²) < 4.78 is 5.18. The van der Waals surface area contributed by atoms with Crippen molar-refractivity contribution in [1.82, 2.24) is 10.2 Å². The smallest absolute Gasteiger partial charge is 0.233 e. The van der Waals surface area contributed by atoms with Crippen molar-refractivity contribution in [3.8, 4) is 5.75 Å². The van der Waals surface area contributed by atoms with Crippen molar-refractivity contribution in [2.24, 2.45) is 0 Å². The molecule has 1 saturated heterocycles. The van der Waals surface area contributed by atoms with Crippen LogP contribution in [0.4, 0.5) is 10.8 Å². The summed E-state index contributed by atoms with van der Waals surface area (Å²) in [4.78, 5) is 27.1. The van der Waals surface area contributed by atoms with Crippen molar-refractivity contribution in [1.29, 1.82) is 0 Å². The monoisotopic (exact) mass is 436 g/mol. The van der Waals surface area contributed by atoms with Gasteiger partial charge >= 0.3 is 0 Å². The van der Waals surface area contributed by atoms with Crippen molar-refractivity contribution in [3.05, 3.63) is 65.2 Å². The molecule has 0 radical (unpaired) electrons. The molecule has 2 unspecified atom stereocenters. The van der Waals surface area contributed by atoms with Crippen LogP contribution in [0.3, 0.4) is 0 Å². The molecule has 1 aliphatic heterocycles. The summed E-state index contributed by atoms with van der Waals surface area (Å²) in [5, 5.41) is 12.5. The van der Waals surface area contributed by atoms with Gasteiger partial charge in [-0.2, -0.15) is 0 Å². The third-order valence-corrected chi connectivity index (χ3v) is 6.46. The normalized spacial score (nSPS) is 16.9. The van der Waals surface area contributed by atoms with E-state index in [1.165, 1.54) is 11.3 Å². The van der Waals surface area contributed by atoms with Crippen LogP contribution in [0.25, 0.3) is 0 Å². The van der Waals surface area contributed by atoms with Crippen LogP contribution in [-0.4, -0.2) is 35.7 Å². The Morgan fingerprint density at radius 2 is 1.94 bits per heavy atom. The molecule has 0 aliphatic carbocycles. The van der Waals surface area contributed by atoms with E-state index in [-0.39, 0.29) is 23.7 Å². The maximum Gasteiger partial charge on any atom is 0.233 e. The lowest BCUT2D eigenvalue weighted by Crippen LogP contribution is -2.24. The molecule has 1 aliphatic rings. The number of benzene rings is 2. The van der Waals surface area contributed by atoms with Crippen LogP contribution in [0.1, 0.15) is 42.2 Å². The van der Waals surface area contributed by atoms with E-state index in [0.29, 0.717) is 24.5 Å². The predicted octanol–water partition coefficient (Wildman–Crippen LogP) is 4.20. The van der Waals surface area contributed by atoms with Gasteiger partial charge in [-0.25, -0.2) is 0 Å². The summed E-state index contributed by atoms with van der Waals surface area (Å²) in [7, 11) is 1.61. The highest BCUT2D eigenvalue weighted by atomic mass is 32.1. The number of rotatable bonds is 7. The second-order valence-electron chi connectivity index (χ2n) is 7.41. The number of methoxy groups -OCH3 is 1. The summed E-state index contributed by atoms with van der Waals surface area (Å²) in [5.41, 5.74) is 1.81. The number of ether oxygens (including phenoxy) is 1. The number of carbonyl (C=O) groups excluding carboxylic acids is 2. The van der Waals surface area contributed by atoms with Crippen LogP contribution in [0.5, 0.6) is 5.75 Å². The molecule has 2 atom stereocenters. The summed E-state index contributed by atoms with van der Waals surface area (Å²) >= 11 is 1.33. The number of aromatic nitrogens is 2. The number of hydrogen-bond donors (Lipinski definition) is 1. The molecule has 4 rings (SSSR count). The van der Waals surface area contributed by atoms with Gasteiger partial charge in [-0.1, -0.05) is 48.6 Å². The fourth-order valence-electron chi connectivity index (χ4n) is 3.79. The van der Waals surface area contributed by atoms with Gasteiger partial charge in [0, 0.05) is 24.6 Å². The van der Waals surface area contributed by atoms with Crippen LogP contribution in [0, 0.1) is 0 Å². The highest BCUT2D eigenvalue weighted by molar-refractivity contribution is 7.15. The van der Waals surface area contributed by atoms with Crippen molar-refractivity contribution in [2.45, 2.75) is 31.6 Å². The molecule has 31 heavy (non-hydrogen) atoms. The average molecular weight is 437 g/mol. The van der Waals surface area contributed by atoms with E-state index < -0.39 is 0 Å². The first-order valence-corrected chi connectivity index (χ1v) is 11.0. The van der Waals surface area contributed by atoms with E-state index in [1.807, 2.05) is 61.5 Å². The molecule has 1 aromatic heterocycles. The zero-order chi connectivity index (χ0) is 21.8. The molecular weight excluding hydrogens is 412 g/mol. The Balaban J connectivity index is 1.42. The third-order valence-electron chi connectivity index (χ3n) is 5.46. The van der Waals surface area contributed by atoms with Gasteiger partial charge in [0.15, 0.2) is 0 Å². The zero-order valence-corrected chi connectivity index (χ0v) is 18.3. The molecule has 7 nitrogen and oxygen atoms in total. The Bertz CT molecular complexity index is 1050. The summed E-state index contributed by atoms with van der Waals surface area (Å²) in [5.74, 6) is 0.406. The quantitative estimate of drug-likeness (QED) is 0.600. The van der Waals surface area contributed by atoms with Crippen LogP contribution >= 0.6 is 11.3 Å². The minimum absolute atomic E-state index is 0.0473. The molecule has 1 fully saturated rings.